The number of hydrogen-bond acceptors (Lipinski definition) is 3. The van der Waals surface area contributed by atoms with Crippen molar-refractivity contribution in [3.63, 3.8) is 0 Å². The van der Waals surface area contributed by atoms with Crippen LogP contribution in [0.25, 0.3) is 0 Å². The van der Waals surface area contributed by atoms with Crippen molar-refractivity contribution < 1.29 is 14.7 Å². The SMILES string of the molecule is O=C(O)Cc1cccc(NC(=O)C2CCCS2)c1. The van der Waals surface area contributed by atoms with E-state index in [1.807, 2.05) is 0 Å². The molecule has 2 rings (SSSR count). The minimum absolute atomic E-state index is 0.0185. The quantitative estimate of drug-likeness (QED) is 0.875. The summed E-state index contributed by atoms with van der Waals surface area (Å²) in [4.78, 5) is 22.5. The van der Waals surface area contributed by atoms with Gasteiger partial charge in [-0.2, -0.15) is 0 Å². The van der Waals surface area contributed by atoms with Crippen LogP contribution < -0.4 is 5.32 Å². The lowest BCUT2D eigenvalue weighted by Gasteiger charge is -2.10. The van der Waals surface area contributed by atoms with E-state index in [4.69, 9.17) is 5.11 Å². The van der Waals surface area contributed by atoms with Crippen LogP contribution in [0.5, 0.6) is 0 Å². The smallest absolute Gasteiger partial charge is 0.307 e. The van der Waals surface area contributed by atoms with Crippen molar-refractivity contribution in [1.82, 2.24) is 0 Å². The van der Waals surface area contributed by atoms with E-state index in [-0.39, 0.29) is 17.6 Å². The molecule has 1 aromatic carbocycles. The summed E-state index contributed by atoms with van der Waals surface area (Å²) < 4.78 is 0. The summed E-state index contributed by atoms with van der Waals surface area (Å²) in [5.41, 5.74) is 1.37. The largest absolute Gasteiger partial charge is 0.481 e. The average Bonchev–Trinajstić information content (AvgIpc) is 2.81. The molecule has 1 aliphatic rings. The molecule has 0 aromatic heterocycles. The summed E-state index contributed by atoms with van der Waals surface area (Å²) in [7, 11) is 0. The van der Waals surface area contributed by atoms with Crippen LogP contribution in [-0.4, -0.2) is 28.0 Å². The highest BCUT2D eigenvalue weighted by molar-refractivity contribution is 8.00. The van der Waals surface area contributed by atoms with Crippen LogP contribution in [0, 0.1) is 0 Å². The van der Waals surface area contributed by atoms with E-state index in [1.165, 1.54) is 0 Å². The van der Waals surface area contributed by atoms with E-state index in [0.717, 1.165) is 18.6 Å². The number of rotatable bonds is 4. The second-order valence-electron chi connectivity index (χ2n) is 4.26. The lowest BCUT2D eigenvalue weighted by Crippen LogP contribution is -2.22. The highest BCUT2D eigenvalue weighted by atomic mass is 32.2. The molecular formula is C13H15NO3S. The number of carbonyl (C=O) groups is 2. The van der Waals surface area contributed by atoms with Crippen molar-refractivity contribution in [3.05, 3.63) is 29.8 Å². The number of amides is 1. The van der Waals surface area contributed by atoms with Gasteiger partial charge in [0.2, 0.25) is 5.91 Å². The third-order valence-electron chi connectivity index (χ3n) is 2.77. The van der Waals surface area contributed by atoms with Gasteiger partial charge in [0.25, 0.3) is 0 Å². The molecule has 18 heavy (non-hydrogen) atoms. The van der Waals surface area contributed by atoms with Gasteiger partial charge in [0.1, 0.15) is 0 Å². The molecule has 1 aromatic rings. The number of carbonyl (C=O) groups excluding carboxylic acids is 1. The molecule has 4 nitrogen and oxygen atoms in total. The van der Waals surface area contributed by atoms with Gasteiger partial charge >= 0.3 is 5.97 Å². The number of hydrogen-bond donors (Lipinski definition) is 2. The molecule has 96 valence electrons. The maximum absolute atomic E-state index is 11.9. The molecule has 1 amide bonds. The van der Waals surface area contributed by atoms with Crippen LogP contribution in [0.15, 0.2) is 24.3 Å². The molecule has 1 heterocycles. The molecule has 1 fully saturated rings. The second kappa shape index (κ2) is 5.91. The minimum atomic E-state index is -0.871. The van der Waals surface area contributed by atoms with Crippen LogP contribution >= 0.6 is 11.8 Å². The number of aliphatic carboxylic acids is 1. The Balaban J connectivity index is 2.00. The Morgan fingerprint density at radius 1 is 1.44 bits per heavy atom. The topological polar surface area (TPSA) is 66.4 Å². The van der Waals surface area contributed by atoms with E-state index >= 15 is 0 Å². The maximum atomic E-state index is 11.9. The first-order valence-electron chi connectivity index (χ1n) is 5.88. The number of anilines is 1. The first-order chi connectivity index (χ1) is 8.65. The van der Waals surface area contributed by atoms with Gasteiger partial charge in [-0.05, 0) is 36.3 Å². The first kappa shape index (κ1) is 13.0. The molecule has 1 saturated heterocycles. The highest BCUT2D eigenvalue weighted by Crippen LogP contribution is 2.27. The zero-order valence-corrected chi connectivity index (χ0v) is 10.7. The zero-order chi connectivity index (χ0) is 13.0. The third-order valence-corrected chi connectivity index (χ3v) is 4.15. The normalized spacial score (nSPS) is 18.6. The monoisotopic (exact) mass is 265 g/mol. The fourth-order valence-electron chi connectivity index (χ4n) is 1.94. The Morgan fingerprint density at radius 3 is 2.94 bits per heavy atom. The number of carboxylic acid groups (broad SMARTS) is 1. The fourth-order valence-corrected chi connectivity index (χ4v) is 3.10. The molecule has 0 saturated carbocycles. The zero-order valence-electron chi connectivity index (χ0n) is 9.89. The molecule has 2 N–H and O–H groups in total. The van der Waals surface area contributed by atoms with E-state index in [2.05, 4.69) is 5.32 Å². The Kier molecular flexibility index (Phi) is 4.25. The summed E-state index contributed by atoms with van der Waals surface area (Å²) in [6.07, 6.45) is 1.98. The Hall–Kier alpha value is -1.49. The molecule has 0 aliphatic carbocycles. The maximum Gasteiger partial charge on any atom is 0.307 e. The number of nitrogens with one attached hydrogen (secondary N) is 1. The lowest BCUT2D eigenvalue weighted by molar-refractivity contribution is -0.136. The van der Waals surface area contributed by atoms with Crippen LogP contribution in [0.1, 0.15) is 18.4 Å². The van der Waals surface area contributed by atoms with E-state index in [0.29, 0.717) is 11.3 Å². The van der Waals surface area contributed by atoms with Crippen molar-refractivity contribution in [3.8, 4) is 0 Å². The first-order valence-corrected chi connectivity index (χ1v) is 6.93. The molecule has 5 heteroatoms. The van der Waals surface area contributed by atoms with Gasteiger partial charge in [-0.25, -0.2) is 0 Å². The van der Waals surface area contributed by atoms with Gasteiger partial charge in [0, 0.05) is 5.69 Å². The number of thioether (sulfide) groups is 1. The van der Waals surface area contributed by atoms with Crippen molar-refractivity contribution in [2.24, 2.45) is 0 Å². The number of carboxylic acids is 1. The van der Waals surface area contributed by atoms with Gasteiger partial charge in [0.15, 0.2) is 0 Å². The van der Waals surface area contributed by atoms with Crippen molar-refractivity contribution in [2.45, 2.75) is 24.5 Å². The van der Waals surface area contributed by atoms with Gasteiger partial charge in [-0.15, -0.1) is 11.8 Å². The Morgan fingerprint density at radius 2 is 2.28 bits per heavy atom. The lowest BCUT2D eigenvalue weighted by atomic mass is 10.1. The molecule has 1 atom stereocenters. The van der Waals surface area contributed by atoms with Crippen molar-refractivity contribution in [1.29, 1.82) is 0 Å². The van der Waals surface area contributed by atoms with Gasteiger partial charge in [-0.3, -0.25) is 9.59 Å². The van der Waals surface area contributed by atoms with Crippen LogP contribution in [-0.2, 0) is 16.0 Å². The predicted octanol–water partition coefficient (Wildman–Crippen LogP) is 2.15. The number of benzene rings is 1. The predicted molar refractivity (Wildman–Crippen MR) is 71.9 cm³/mol. The Labute approximate surface area is 110 Å². The van der Waals surface area contributed by atoms with Gasteiger partial charge < -0.3 is 10.4 Å². The van der Waals surface area contributed by atoms with E-state index < -0.39 is 5.97 Å². The highest BCUT2D eigenvalue weighted by Gasteiger charge is 2.23. The van der Waals surface area contributed by atoms with Gasteiger partial charge in [0.05, 0.1) is 11.7 Å². The molecule has 1 unspecified atom stereocenters. The summed E-state index contributed by atoms with van der Waals surface area (Å²) in [5.74, 6) is 0.187. The van der Waals surface area contributed by atoms with Crippen LogP contribution in [0.4, 0.5) is 5.69 Å². The standard InChI is InChI=1S/C13H15NO3S/c15-12(16)8-9-3-1-4-10(7-9)14-13(17)11-5-2-6-18-11/h1,3-4,7,11H,2,5-6,8H2,(H,14,17)(H,15,16). The van der Waals surface area contributed by atoms with Crippen molar-refractivity contribution >= 4 is 29.3 Å². The average molecular weight is 265 g/mol. The third kappa shape index (κ3) is 3.50. The minimum Gasteiger partial charge on any atom is -0.481 e. The van der Waals surface area contributed by atoms with E-state index in [1.54, 1.807) is 36.0 Å². The van der Waals surface area contributed by atoms with Crippen LogP contribution in [0.2, 0.25) is 0 Å². The molecule has 0 bridgehead atoms. The fraction of sp³-hybridized carbons (Fsp3) is 0.385. The second-order valence-corrected chi connectivity index (χ2v) is 5.57. The van der Waals surface area contributed by atoms with Crippen molar-refractivity contribution in [2.75, 3.05) is 11.1 Å². The van der Waals surface area contributed by atoms with Crippen LogP contribution in [0.3, 0.4) is 0 Å². The van der Waals surface area contributed by atoms with Gasteiger partial charge in [-0.1, -0.05) is 12.1 Å². The molecule has 0 spiro atoms. The molecule has 1 aliphatic heterocycles. The Bertz CT molecular complexity index is 455. The molecule has 0 radical (unpaired) electrons. The molecular weight excluding hydrogens is 250 g/mol. The summed E-state index contributed by atoms with van der Waals surface area (Å²) in [6, 6.07) is 7.00. The summed E-state index contributed by atoms with van der Waals surface area (Å²) in [5, 5.41) is 11.6. The summed E-state index contributed by atoms with van der Waals surface area (Å²) in [6.45, 7) is 0. The summed E-state index contributed by atoms with van der Waals surface area (Å²) >= 11 is 1.68. The van der Waals surface area contributed by atoms with E-state index in [9.17, 15) is 9.59 Å².